The summed E-state index contributed by atoms with van der Waals surface area (Å²) in [7, 11) is 1.60. The summed E-state index contributed by atoms with van der Waals surface area (Å²) >= 11 is 0.974. The van der Waals surface area contributed by atoms with Gasteiger partial charge in [0.2, 0.25) is 0 Å². The number of rotatable bonds is 9. The van der Waals surface area contributed by atoms with Gasteiger partial charge in [0.1, 0.15) is 12.4 Å². The number of thioether (sulfide) groups is 1. The van der Waals surface area contributed by atoms with Crippen LogP contribution in [-0.4, -0.2) is 40.9 Å². The molecule has 1 aromatic heterocycles. The molecule has 0 N–H and O–H groups in total. The lowest BCUT2D eigenvalue weighted by Crippen LogP contribution is -2.29. The van der Waals surface area contributed by atoms with Crippen LogP contribution in [0.2, 0.25) is 0 Å². The van der Waals surface area contributed by atoms with Gasteiger partial charge in [-0.15, -0.1) is 0 Å². The van der Waals surface area contributed by atoms with Gasteiger partial charge in [-0.05, 0) is 80.1 Å². The Morgan fingerprint density at radius 2 is 1.83 bits per heavy atom. The summed E-state index contributed by atoms with van der Waals surface area (Å²) in [6.07, 6.45) is 2.41. The molecule has 1 aliphatic heterocycles. The monoisotopic (exact) mass is 501 g/mol. The van der Waals surface area contributed by atoms with E-state index in [-0.39, 0.29) is 11.1 Å². The Labute approximate surface area is 214 Å². The molecule has 1 fully saturated rings. The number of methoxy groups -OCH3 is 1. The SMILES string of the molecule is COCCCN1C(=O)S/C(=C/c2cc(C)n(-c3ccc(OCc4ccccc4C#N)cc3)c2C)C1=O. The van der Waals surface area contributed by atoms with E-state index in [2.05, 4.69) is 10.6 Å². The predicted octanol–water partition coefficient (Wildman–Crippen LogP) is 5.62. The lowest BCUT2D eigenvalue weighted by Gasteiger charge is -2.12. The van der Waals surface area contributed by atoms with Crippen molar-refractivity contribution in [2.45, 2.75) is 26.9 Å². The maximum Gasteiger partial charge on any atom is 0.293 e. The molecule has 0 radical (unpaired) electrons. The number of carbonyl (C=O) groups excluding carboxylic acids is 2. The second-order valence-electron chi connectivity index (χ2n) is 8.39. The fourth-order valence-corrected chi connectivity index (χ4v) is 5.00. The minimum Gasteiger partial charge on any atom is -0.489 e. The molecule has 0 saturated carbocycles. The molecule has 0 bridgehead atoms. The molecule has 2 heterocycles. The molecule has 1 aliphatic rings. The summed E-state index contributed by atoms with van der Waals surface area (Å²) in [4.78, 5) is 26.8. The van der Waals surface area contributed by atoms with Crippen LogP contribution >= 0.6 is 11.8 Å². The van der Waals surface area contributed by atoms with Crippen LogP contribution in [0, 0.1) is 25.2 Å². The molecule has 0 aliphatic carbocycles. The van der Waals surface area contributed by atoms with E-state index < -0.39 is 0 Å². The molecule has 184 valence electrons. The second kappa shape index (κ2) is 11.3. The number of ether oxygens (including phenoxy) is 2. The largest absolute Gasteiger partial charge is 0.489 e. The quantitative estimate of drug-likeness (QED) is 0.280. The van der Waals surface area contributed by atoms with Crippen LogP contribution in [0.3, 0.4) is 0 Å². The van der Waals surface area contributed by atoms with Gasteiger partial charge < -0.3 is 14.0 Å². The van der Waals surface area contributed by atoms with E-state index in [0.717, 1.165) is 40.0 Å². The zero-order valence-electron chi connectivity index (χ0n) is 20.5. The van der Waals surface area contributed by atoms with Crippen molar-refractivity contribution < 1.29 is 19.1 Å². The van der Waals surface area contributed by atoms with E-state index in [1.807, 2.05) is 62.4 Å². The first kappa shape index (κ1) is 25.3. The van der Waals surface area contributed by atoms with Crippen molar-refractivity contribution in [3.63, 3.8) is 0 Å². The van der Waals surface area contributed by atoms with Crippen molar-refractivity contribution in [1.29, 1.82) is 5.26 Å². The molecule has 3 aromatic rings. The highest BCUT2D eigenvalue weighted by Crippen LogP contribution is 2.34. The zero-order valence-corrected chi connectivity index (χ0v) is 21.3. The number of nitrogens with zero attached hydrogens (tertiary/aromatic N) is 3. The van der Waals surface area contributed by atoms with E-state index in [4.69, 9.17) is 9.47 Å². The fraction of sp³-hybridized carbons (Fsp3) is 0.250. The lowest BCUT2D eigenvalue weighted by molar-refractivity contribution is -0.122. The predicted molar refractivity (Wildman–Crippen MR) is 140 cm³/mol. The van der Waals surface area contributed by atoms with Crippen LogP contribution in [-0.2, 0) is 16.1 Å². The molecule has 1 saturated heterocycles. The van der Waals surface area contributed by atoms with Crippen molar-refractivity contribution in [3.05, 3.63) is 87.6 Å². The molecule has 4 rings (SSSR count). The summed E-state index contributed by atoms with van der Waals surface area (Å²) in [5.41, 5.74) is 5.28. The minimum atomic E-state index is -0.259. The topological polar surface area (TPSA) is 84.6 Å². The van der Waals surface area contributed by atoms with E-state index >= 15 is 0 Å². The molecule has 2 aromatic carbocycles. The average Bonchev–Trinajstić information content (AvgIpc) is 3.31. The zero-order chi connectivity index (χ0) is 25.7. The maximum atomic E-state index is 12.8. The highest BCUT2D eigenvalue weighted by Gasteiger charge is 2.34. The number of aromatic nitrogens is 1. The Bertz CT molecular complexity index is 1350. The summed E-state index contributed by atoms with van der Waals surface area (Å²) < 4.78 is 13.0. The molecule has 36 heavy (non-hydrogen) atoms. The van der Waals surface area contributed by atoms with Gasteiger partial charge in [0.05, 0.1) is 16.5 Å². The highest BCUT2D eigenvalue weighted by molar-refractivity contribution is 8.18. The van der Waals surface area contributed by atoms with Crippen LogP contribution in [0.4, 0.5) is 4.79 Å². The van der Waals surface area contributed by atoms with E-state index in [9.17, 15) is 14.9 Å². The number of amides is 2. The van der Waals surface area contributed by atoms with Gasteiger partial charge in [0, 0.05) is 42.9 Å². The Kier molecular flexibility index (Phi) is 7.93. The number of nitriles is 1. The van der Waals surface area contributed by atoms with Gasteiger partial charge in [-0.1, -0.05) is 18.2 Å². The number of hydrogen-bond acceptors (Lipinski definition) is 6. The van der Waals surface area contributed by atoms with Crippen molar-refractivity contribution in [3.8, 4) is 17.5 Å². The Morgan fingerprint density at radius 3 is 2.56 bits per heavy atom. The van der Waals surface area contributed by atoms with Crippen molar-refractivity contribution in [2.75, 3.05) is 20.3 Å². The van der Waals surface area contributed by atoms with Crippen LogP contribution in [0.15, 0.2) is 59.5 Å². The highest BCUT2D eigenvalue weighted by atomic mass is 32.2. The van der Waals surface area contributed by atoms with E-state index in [0.29, 0.717) is 42.4 Å². The molecule has 0 spiro atoms. The average molecular weight is 502 g/mol. The Balaban J connectivity index is 1.49. The second-order valence-corrected chi connectivity index (χ2v) is 9.39. The van der Waals surface area contributed by atoms with E-state index in [1.54, 1.807) is 19.3 Å². The van der Waals surface area contributed by atoms with Crippen LogP contribution in [0.5, 0.6) is 5.75 Å². The number of aryl methyl sites for hydroxylation is 1. The molecule has 7 nitrogen and oxygen atoms in total. The van der Waals surface area contributed by atoms with Gasteiger partial charge in [-0.2, -0.15) is 5.26 Å². The summed E-state index contributed by atoms with van der Waals surface area (Å²) in [6.45, 7) is 5.16. The minimum absolute atomic E-state index is 0.246. The fourth-order valence-electron chi connectivity index (χ4n) is 4.14. The van der Waals surface area contributed by atoms with Gasteiger partial charge in [0.15, 0.2) is 0 Å². The molecule has 0 unspecified atom stereocenters. The molecule has 2 amide bonds. The molecular weight excluding hydrogens is 474 g/mol. The van der Waals surface area contributed by atoms with Crippen molar-refractivity contribution in [2.24, 2.45) is 0 Å². The summed E-state index contributed by atoms with van der Waals surface area (Å²) in [5, 5.41) is 9.00. The third-order valence-corrected chi connectivity index (χ3v) is 6.90. The maximum absolute atomic E-state index is 12.8. The van der Waals surface area contributed by atoms with Crippen molar-refractivity contribution in [1.82, 2.24) is 9.47 Å². The number of carbonyl (C=O) groups is 2. The lowest BCUT2D eigenvalue weighted by atomic mass is 10.1. The first-order chi connectivity index (χ1) is 17.4. The normalized spacial score (nSPS) is 14.5. The summed E-state index contributed by atoms with van der Waals surface area (Å²) in [6, 6.07) is 19.3. The first-order valence-corrected chi connectivity index (χ1v) is 12.4. The van der Waals surface area contributed by atoms with Gasteiger partial charge >= 0.3 is 0 Å². The van der Waals surface area contributed by atoms with Gasteiger partial charge in [-0.25, -0.2) is 0 Å². The van der Waals surface area contributed by atoms with Crippen LogP contribution < -0.4 is 4.74 Å². The first-order valence-electron chi connectivity index (χ1n) is 11.6. The van der Waals surface area contributed by atoms with Crippen LogP contribution in [0.1, 0.15) is 34.5 Å². The number of imide groups is 1. The molecular formula is C28H27N3O4S. The Hall–Kier alpha value is -3.80. The third-order valence-electron chi connectivity index (χ3n) is 5.99. The Morgan fingerprint density at radius 1 is 1.08 bits per heavy atom. The molecule has 0 atom stereocenters. The van der Waals surface area contributed by atoms with Gasteiger partial charge in [0.25, 0.3) is 11.1 Å². The smallest absolute Gasteiger partial charge is 0.293 e. The van der Waals surface area contributed by atoms with Crippen LogP contribution in [0.25, 0.3) is 11.8 Å². The third kappa shape index (κ3) is 5.38. The van der Waals surface area contributed by atoms with Gasteiger partial charge in [-0.3, -0.25) is 14.5 Å². The number of benzene rings is 2. The standard InChI is InChI=1S/C28H27N3O4S/c1-19-15-23(16-26-27(32)30(28(33)36-26)13-6-14-34-3)20(2)31(19)24-9-11-25(12-10-24)35-18-22-8-5-4-7-21(22)17-29/h4-5,7-12,15-16H,6,13-14,18H2,1-3H3/b26-16+. The molecule has 8 heteroatoms. The number of hydrogen-bond donors (Lipinski definition) is 0. The van der Waals surface area contributed by atoms with E-state index in [1.165, 1.54) is 4.90 Å². The van der Waals surface area contributed by atoms with Crippen molar-refractivity contribution >= 4 is 29.0 Å². The summed E-state index contributed by atoms with van der Waals surface area (Å²) in [5.74, 6) is 0.446.